The summed E-state index contributed by atoms with van der Waals surface area (Å²) >= 11 is 0. The summed E-state index contributed by atoms with van der Waals surface area (Å²) in [4.78, 5) is 10.8. The van der Waals surface area contributed by atoms with Crippen molar-refractivity contribution in [3.05, 3.63) is 42.0 Å². The molecule has 1 aliphatic carbocycles. The number of alkyl halides is 3. The van der Waals surface area contributed by atoms with Crippen molar-refractivity contribution in [2.45, 2.75) is 18.6 Å². The molecule has 2 N–H and O–H groups in total. The van der Waals surface area contributed by atoms with Crippen LogP contribution in [0.5, 0.6) is 0 Å². The Morgan fingerprint density at radius 1 is 1.26 bits per heavy atom. The van der Waals surface area contributed by atoms with Crippen molar-refractivity contribution in [3.8, 4) is 0 Å². The van der Waals surface area contributed by atoms with E-state index in [1.165, 1.54) is 24.3 Å². The second-order valence-electron chi connectivity index (χ2n) is 4.36. The lowest BCUT2D eigenvalue weighted by Crippen LogP contribution is -2.20. The molecule has 0 fully saturated rings. The third kappa shape index (κ3) is 3.07. The second kappa shape index (κ2) is 4.95. The Bertz CT molecular complexity index is 511. The minimum absolute atomic E-state index is 0.0318. The van der Waals surface area contributed by atoms with E-state index in [1.54, 1.807) is 6.08 Å². The Labute approximate surface area is 107 Å². The number of aliphatic carboxylic acids is 1. The number of carboxylic acid groups (broad SMARTS) is 1. The van der Waals surface area contributed by atoms with Crippen LogP contribution in [0, 0.1) is 5.92 Å². The Balaban J connectivity index is 2.13. The number of anilines is 1. The van der Waals surface area contributed by atoms with Gasteiger partial charge in [-0.15, -0.1) is 0 Å². The molecule has 2 atom stereocenters. The highest BCUT2D eigenvalue weighted by atomic mass is 19.4. The maximum absolute atomic E-state index is 12.8. The van der Waals surface area contributed by atoms with Gasteiger partial charge in [-0.1, -0.05) is 24.3 Å². The van der Waals surface area contributed by atoms with Crippen molar-refractivity contribution in [2.24, 2.45) is 5.92 Å². The Morgan fingerprint density at radius 2 is 1.95 bits per heavy atom. The lowest BCUT2D eigenvalue weighted by molar-refractivity contribution is -0.140. The third-order valence-electron chi connectivity index (χ3n) is 2.97. The molecule has 0 aromatic heterocycles. The number of para-hydroxylation sites is 1. The molecule has 0 radical (unpaired) electrons. The molecule has 0 amide bonds. The minimum atomic E-state index is -4.43. The van der Waals surface area contributed by atoms with E-state index >= 15 is 0 Å². The van der Waals surface area contributed by atoms with Gasteiger partial charge in [0.05, 0.1) is 11.5 Å². The predicted octanol–water partition coefficient (Wildman–Crippen LogP) is 3.15. The Kier molecular flexibility index (Phi) is 3.50. The summed E-state index contributed by atoms with van der Waals surface area (Å²) in [5, 5.41) is 11.6. The van der Waals surface area contributed by atoms with Gasteiger partial charge in [0.2, 0.25) is 0 Å². The number of hydrogen-bond donors (Lipinski definition) is 2. The largest absolute Gasteiger partial charge is 0.481 e. The average Bonchev–Trinajstić information content (AvgIpc) is 2.77. The zero-order valence-electron chi connectivity index (χ0n) is 9.82. The highest BCUT2D eigenvalue weighted by Crippen LogP contribution is 2.35. The van der Waals surface area contributed by atoms with Crippen LogP contribution in [0.1, 0.15) is 12.0 Å². The molecule has 0 heterocycles. The molecule has 102 valence electrons. The number of halogens is 3. The number of rotatable bonds is 3. The van der Waals surface area contributed by atoms with Crippen LogP contribution in [0.25, 0.3) is 0 Å². The summed E-state index contributed by atoms with van der Waals surface area (Å²) in [6, 6.07) is 4.76. The van der Waals surface area contributed by atoms with Gasteiger partial charge in [0.25, 0.3) is 0 Å². The first-order valence-corrected chi connectivity index (χ1v) is 5.72. The molecular formula is C13H12F3NO2. The lowest BCUT2D eigenvalue weighted by Gasteiger charge is -2.18. The molecule has 2 rings (SSSR count). The quantitative estimate of drug-likeness (QED) is 0.830. The maximum atomic E-state index is 12.8. The zero-order chi connectivity index (χ0) is 14.0. The van der Waals surface area contributed by atoms with Gasteiger partial charge in [0.1, 0.15) is 0 Å². The van der Waals surface area contributed by atoms with Gasteiger partial charge >= 0.3 is 12.1 Å². The van der Waals surface area contributed by atoms with Crippen LogP contribution in [0.2, 0.25) is 0 Å². The Morgan fingerprint density at radius 3 is 2.53 bits per heavy atom. The summed E-state index contributed by atoms with van der Waals surface area (Å²) in [6.07, 6.45) is -1.10. The summed E-state index contributed by atoms with van der Waals surface area (Å²) in [7, 11) is 0. The molecular weight excluding hydrogens is 259 g/mol. The van der Waals surface area contributed by atoms with Gasteiger partial charge < -0.3 is 10.4 Å². The fourth-order valence-electron chi connectivity index (χ4n) is 2.05. The first-order chi connectivity index (χ1) is 8.88. The average molecular weight is 271 g/mol. The molecule has 0 spiro atoms. The first kappa shape index (κ1) is 13.5. The zero-order valence-corrected chi connectivity index (χ0v) is 9.82. The van der Waals surface area contributed by atoms with Gasteiger partial charge in [0.15, 0.2) is 0 Å². The standard InChI is InChI=1S/C13H12F3NO2/c14-13(15,16)10-3-1-2-4-11(10)17-9-6-5-8(7-9)12(18)19/h1-6,8-9,17H,7H2,(H,18,19). The van der Waals surface area contributed by atoms with Crippen molar-refractivity contribution in [3.63, 3.8) is 0 Å². The molecule has 6 heteroatoms. The fourth-order valence-corrected chi connectivity index (χ4v) is 2.05. The minimum Gasteiger partial charge on any atom is -0.481 e. The van der Waals surface area contributed by atoms with E-state index in [9.17, 15) is 18.0 Å². The van der Waals surface area contributed by atoms with Gasteiger partial charge in [-0.05, 0) is 18.6 Å². The topological polar surface area (TPSA) is 49.3 Å². The van der Waals surface area contributed by atoms with E-state index in [0.717, 1.165) is 6.07 Å². The predicted molar refractivity (Wildman–Crippen MR) is 63.7 cm³/mol. The molecule has 3 nitrogen and oxygen atoms in total. The van der Waals surface area contributed by atoms with Crippen LogP contribution >= 0.6 is 0 Å². The second-order valence-corrected chi connectivity index (χ2v) is 4.36. The van der Waals surface area contributed by atoms with E-state index in [1.807, 2.05) is 0 Å². The summed E-state index contributed by atoms with van der Waals surface area (Å²) in [6.45, 7) is 0. The van der Waals surface area contributed by atoms with Gasteiger partial charge in [-0.3, -0.25) is 4.79 Å². The van der Waals surface area contributed by atoms with Gasteiger partial charge in [-0.2, -0.15) is 13.2 Å². The van der Waals surface area contributed by atoms with Crippen LogP contribution in [-0.4, -0.2) is 17.1 Å². The molecule has 1 aliphatic rings. The molecule has 0 bridgehead atoms. The number of benzene rings is 1. The van der Waals surface area contributed by atoms with E-state index in [2.05, 4.69) is 5.32 Å². The first-order valence-electron chi connectivity index (χ1n) is 5.72. The van der Waals surface area contributed by atoms with E-state index in [-0.39, 0.29) is 12.1 Å². The third-order valence-corrected chi connectivity index (χ3v) is 2.97. The fraction of sp³-hybridized carbons (Fsp3) is 0.308. The molecule has 0 saturated heterocycles. The van der Waals surface area contributed by atoms with Crippen LogP contribution in [0.3, 0.4) is 0 Å². The molecule has 0 saturated carbocycles. The Hall–Kier alpha value is -1.98. The smallest absolute Gasteiger partial charge is 0.418 e. The lowest BCUT2D eigenvalue weighted by atomic mass is 10.1. The van der Waals surface area contributed by atoms with Crippen molar-refractivity contribution in [1.82, 2.24) is 0 Å². The van der Waals surface area contributed by atoms with Crippen LogP contribution < -0.4 is 5.32 Å². The van der Waals surface area contributed by atoms with Gasteiger partial charge in [0, 0.05) is 11.7 Å². The molecule has 0 aliphatic heterocycles. The van der Waals surface area contributed by atoms with Crippen molar-refractivity contribution in [2.75, 3.05) is 5.32 Å². The SMILES string of the molecule is O=C(O)C1C=CC(Nc2ccccc2C(F)(F)F)C1. The molecule has 2 unspecified atom stereocenters. The number of hydrogen-bond acceptors (Lipinski definition) is 2. The van der Waals surface area contributed by atoms with Crippen LogP contribution in [-0.2, 0) is 11.0 Å². The summed E-state index contributed by atoms with van der Waals surface area (Å²) in [5.74, 6) is -1.61. The van der Waals surface area contributed by atoms with Crippen molar-refractivity contribution < 1.29 is 23.1 Å². The van der Waals surface area contributed by atoms with E-state index in [0.29, 0.717) is 0 Å². The molecule has 1 aromatic rings. The van der Waals surface area contributed by atoms with E-state index in [4.69, 9.17) is 5.11 Å². The molecule has 1 aromatic carbocycles. The van der Waals surface area contributed by atoms with Crippen molar-refractivity contribution in [1.29, 1.82) is 0 Å². The van der Waals surface area contributed by atoms with Crippen molar-refractivity contribution >= 4 is 11.7 Å². The van der Waals surface area contributed by atoms with Gasteiger partial charge in [-0.25, -0.2) is 0 Å². The number of nitrogens with one attached hydrogen (secondary N) is 1. The summed E-state index contributed by atoms with van der Waals surface area (Å²) < 4.78 is 38.3. The van der Waals surface area contributed by atoms with E-state index < -0.39 is 29.7 Å². The van der Waals surface area contributed by atoms with Crippen LogP contribution in [0.4, 0.5) is 18.9 Å². The monoisotopic (exact) mass is 271 g/mol. The molecule has 19 heavy (non-hydrogen) atoms. The highest BCUT2D eigenvalue weighted by Gasteiger charge is 2.34. The summed E-state index contributed by atoms with van der Waals surface area (Å²) in [5.41, 5.74) is -0.780. The number of carboxylic acids is 1. The maximum Gasteiger partial charge on any atom is 0.418 e. The number of carbonyl (C=O) groups is 1. The normalized spacial score (nSPS) is 22.5. The highest BCUT2D eigenvalue weighted by molar-refractivity contribution is 5.73. The van der Waals surface area contributed by atoms with Crippen LogP contribution in [0.15, 0.2) is 36.4 Å².